The minimum atomic E-state index is -4.64. The summed E-state index contributed by atoms with van der Waals surface area (Å²) in [6.45, 7) is 3.67. The Bertz CT molecular complexity index is 1450. The van der Waals surface area contributed by atoms with Gasteiger partial charge in [-0.2, -0.15) is 26.3 Å². The van der Waals surface area contributed by atoms with Crippen molar-refractivity contribution in [3.8, 4) is 0 Å². The van der Waals surface area contributed by atoms with Crippen molar-refractivity contribution < 1.29 is 40.7 Å². The maximum Gasteiger partial charge on any atom is 0.451 e. The lowest BCUT2D eigenvalue weighted by atomic mass is 10.1. The number of amides is 1. The molecule has 1 aromatic carbocycles. The van der Waals surface area contributed by atoms with Crippen LogP contribution in [-0.2, 0) is 15.7 Å². The highest BCUT2D eigenvalue weighted by molar-refractivity contribution is 6.35. The van der Waals surface area contributed by atoms with Gasteiger partial charge in [-0.3, -0.25) is 14.5 Å². The average Bonchev–Trinajstić information content (AvgIpc) is 3.43. The number of aromatic nitrogens is 3. The number of ether oxygens (including phenoxy) is 1. The fraction of sp³-hybridized carbons (Fsp3) is 0.444. The van der Waals surface area contributed by atoms with E-state index in [0.717, 1.165) is 37.7 Å². The highest BCUT2D eigenvalue weighted by Crippen LogP contribution is 2.30. The molecule has 0 bridgehead atoms. The van der Waals surface area contributed by atoms with Crippen molar-refractivity contribution in [2.45, 2.75) is 30.9 Å². The molecule has 2 aliphatic rings. The Balaban J connectivity index is 0.000000670. The van der Waals surface area contributed by atoms with E-state index < -0.39 is 36.4 Å². The number of carbonyl (C=O) groups is 2. The molecule has 2 saturated heterocycles. The van der Waals surface area contributed by atoms with Crippen LogP contribution in [0.5, 0.6) is 0 Å². The molecule has 0 aliphatic carbocycles. The lowest BCUT2D eigenvalue weighted by Crippen LogP contribution is -2.44. The van der Waals surface area contributed by atoms with Crippen LogP contribution in [0.4, 0.5) is 32.2 Å². The van der Waals surface area contributed by atoms with Crippen LogP contribution < -0.4 is 16.0 Å². The van der Waals surface area contributed by atoms with Crippen molar-refractivity contribution in [3.05, 3.63) is 58.6 Å². The average molecular weight is 648 g/mol. The molecule has 44 heavy (non-hydrogen) atoms. The van der Waals surface area contributed by atoms with Crippen LogP contribution in [0.15, 0.2) is 36.7 Å². The molecule has 2 aromatic heterocycles. The summed E-state index contributed by atoms with van der Waals surface area (Å²) in [5.74, 6) is -0.838. The molecule has 17 heteroatoms. The lowest BCUT2D eigenvalue weighted by Gasteiger charge is -2.34. The van der Waals surface area contributed by atoms with Crippen LogP contribution in [0.25, 0.3) is 10.9 Å². The highest BCUT2D eigenvalue weighted by Gasteiger charge is 2.35. The first-order valence-corrected chi connectivity index (χ1v) is 13.8. The fourth-order valence-corrected chi connectivity index (χ4v) is 5.10. The molecule has 0 spiro atoms. The molecule has 3 N–H and O–H groups in total. The van der Waals surface area contributed by atoms with Gasteiger partial charge in [-0.25, -0.2) is 15.0 Å². The predicted octanol–water partition coefficient (Wildman–Crippen LogP) is 3.79. The van der Waals surface area contributed by atoms with E-state index in [1.165, 1.54) is 0 Å². The standard InChI is InChI=1S/C25H27ClF3N7O2.C2HF3O/c26-18-2-3-19-17(1-4-21(34-19)36-6-5-16(30)14-36)22(18)23(37)31-13-20(35-7-9-38-10-8-35)15-11-32-24(33-12-15)25(27,28)29;3-2(4,5)1-6/h1-4,11-12,16,20H,5-10,13-14,30H2,(H,31,37);1H. The Kier molecular flexibility index (Phi) is 10.6. The van der Waals surface area contributed by atoms with Gasteiger partial charge in [-0.1, -0.05) is 11.6 Å². The summed E-state index contributed by atoms with van der Waals surface area (Å²) in [5, 5.41) is 3.78. The maximum atomic E-state index is 13.4. The number of rotatable bonds is 6. The SMILES string of the molecule is NC1CCN(c2ccc3c(C(=O)NCC(c4cnc(C(F)(F)F)nc4)N4CCOCC4)c(Cl)ccc3n2)C1.O=CC(F)(F)F. The van der Waals surface area contributed by atoms with Gasteiger partial charge in [0, 0.05) is 62.1 Å². The highest BCUT2D eigenvalue weighted by atomic mass is 35.5. The molecule has 5 rings (SSSR count). The summed E-state index contributed by atoms with van der Waals surface area (Å²) >= 11 is 6.46. The minimum absolute atomic E-state index is 0.105. The number of carbonyl (C=O) groups excluding carboxylic acids is 2. The minimum Gasteiger partial charge on any atom is -0.379 e. The van der Waals surface area contributed by atoms with E-state index in [1.54, 1.807) is 12.1 Å². The van der Waals surface area contributed by atoms with E-state index in [0.29, 0.717) is 42.8 Å². The smallest absolute Gasteiger partial charge is 0.379 e. The number of morpholine rings is 1. The van der Waals surface area contributed by atoms with Crippen molar-refractivity contribution >= 4 is 40.5 Å². The molecule has 0 saturated carbocycles. The zero-order chi connectivity index (χ0) is 32.1. The lowest BCUT2D eigenvalue weighted by molar-refractivity contribution is -0.156. The number of nitrogens with two attached hydrogens (primary N) is 1. The van der Waals surface area contributed by atoms with E-state index in [1.807, 2.05) is 17.0 Å². The molecule has 2 aliphatic heterocycles. The Morgan fingerprint density at radius 3 is 2.32 bits per heavy atom. The number of hydrogen-bond donors (Lipinski definition) is 2. The summed E-state index contributed by atoms with van der Waals surface area (Å²) in [7, 11) is 0. The van der Waals surface area contributed by atoms with Gasteiger partial charge in [0.15, 0.2) is 0 Å². The van der Waals surface area contributed by atoms with E-state index >= 15 is 0 Å². The summed E-state index contributed by atoms with van der Waals surface area (Å²) < 4.78 is 75.6. The molecule has 10 nitrogen and oxygen atoms in total. The summed E-state index contributed by atoms with van der Waals surface area (Å²) in [4.78, 5) is 38.0. The summed E-state index contributed by atoms with van der Waals surface area (Å²) in [6, 6.07) is 6.73. The number of pyridine rings is 1. The van der Waals surface area contributed by atoms with Gasteiger partial charge >= 0.3 is 12.4 Å². The quantitative estimate of drug-likeness (QED) is 0.304. The van der Waals surface area contributed by atoms with Gasteiger partial charge in [0.05, 0.1) is 35.4 Å². The van der Waals surface area contributed by atoms with Gasteiger partial charge in [0.25, 0.3) is 5.91 Å². The van der Waals surface area contributed by atoms with Crippen LogP contribution in [0.3, 0.4) is 0 Å². The van der Waals surface area contributed by atoms with E-state index in [-0.39, 0.29) is 23.2 Å². The number of aldehydes is 1. The molecule has 4 heterocycles. The second-order valence-electron chi connectivity index (χ2n) is 10.0. The maximum absolute atomic E-state index is 13.4. The van der Waals surface area contributed by atoms with Crippen LogP contribution in [0.1, 0.15) is 34.2 Å². The number of alkyl halides is 6. The van der Waals surface area contributed by atoms with Gasteiger partial charge < -0.3 is 20.7 Å². The Hall–Kier alpha value is -3.60. The Morgan fingerprint density at radius 1 is 1.09 bits per heavy atom. The third-order valence-electron chi connectivity index (χ3n) is 6.97. The van der Waals surface area contributed by atoms with Gasteiger partial charge in [0.1, 0.15) is 5.82 Å². The van der Waals surface area contributed by atoms with Crippen molar-refractivity contribution in [1.82, 2.24) is 25.2 Å². The second-order valence-corrected chi connectivity index (χ2v) is 10.4. The van der Waals surface area contributed by atoms with Gasteiger partial charge in [-0.15, -0.1) is 0 Å². The van der Waals surface area contributed by atoms with Gasteiger partial charge in [-0.05, 0) is 30.7 Å². The monoisotopic (exact) mass is 647 g/mol. The molecule has 3 aromatic rings. The van der Waals surface area contributed by atoms with Crippen LogP contribution in [0.2, 0.25) is 5.02 Å². The number of benzene rings is 1. The van der Waals surface area contributed by atoms with Crippen molar-refractivity contribution in [1.29, 1.82) is 0 Å². The predicted molar refractivity (Wildman–Crippen MR) is 148 cm³/mol. The zero-order valence-electron chi connectivity index (χ0n) is 23.0. The molecular formula is C27H28ClF6N7O3. The number of fused-ring (bicyclic) bond motifs is 1. The van der Waals surface area contributed by atoms with E-state index in [4.69, 9.17) is 31.8 Å². The molecule has 2 atom stereocenters. The second kappa shape index (κ2) is 14.0. The molecule has 2 fully saturated rings. The number of halogens is 7. The molecule has 0 radical (unpaired) electrons. The first-order valence-electron chi connectivity index (χ1n) is 13.4. The van der Waals surface area contributed by atoms with Crippen molar-refractivity contribution in [2.75, 3.05) is 50.8 Å². The number of anilines is 1. The van der Waals surface area contributed by atoms with Crippen LogP contribution in [0, 0.1) is 0 Å². The van der Waals surface area contributed by atoms with E-state index in [2.05, 4.69) is 20.2 Å². The summed E-state index contributed by atoms with van der Waals surface area (Å²) in [6.07, 6.45) is -7.14. The topological polar surface area (TPSA) is 127 Å². The first kappa shape index (κ1) is 33.3. The Morgan fingerprint density at radius 2 is 1.75 bits per heavy atom. The number of nitrogens with zero attached hydrogens (tertiary/aromatic N) is 5. The van der Waals surface area contributed by atoms with Crippen LogP contribution >= 0.6 is 11.6 Å². The fourth-order valence-electron chi connectivity index (χ4n) is 4.85. The third-order valence-corrected chi connectivity index (χ3v) is 7.28. The molecule has 2 unspecified atom stereocenters. The Labute approximate surface area is 252 Å². The van der Waals surface area contributed by atoms with Crippen molar-refractivity contribution in [3.63, 3.8) is 0 Å². The first-order chi connectivity index (χ1) is 20.8. The largest absolute Gasteiger partial charge is 0.451 e. The van der Waals surface area contributed by atoms with E-state index in [9.17, 15) is 31.1 Å². The molecule has 1 amide bonds. The number of nitrogens with one attached hydrogen (secondary N) is 1. The van der Waals surface area contributed by atoms with Crippen LogP contribution in [-0.4, -0.2) is 90.2 Å². The summed E-state index contributed by atoms with van der Waals surface area (Å²) in [5.41, 5.74) is 7.40. The molecule has 238 valence electrons. The zero-order valence-corrected chi connectivity index (χ0v) is 23.8. The van der Waals surface area contributed by atoms with Crippen molar-refractivity contribution in [2.24, 2.45) is 5.73 Å². The van der Waals surface area contributed by atoms with Gasteiger partial charge in [0.2, 0.25) is 12.1 Å². The molecular weight excluding hydrogens is 620 g/mol. The normalized spacial score (nSPS) is 18.5. The third kappa shape index (κ3) is 8.52. The number of hydrogen-bond acceptors (Lipinski definition) is 9.